The van der Waals surface area contributed by atoms with Gasteiger partial charge in [0.15, 0.2) is 11.4 Å². The molecule has 1 aliphatic heterocycles. The minimum atomic E-state index is -4.50. The molecular weight excluding hydrogens is 481 g/mol. The zero-order valence-electron chi connectivity index (χ0n) is 18.8. The maximum atomic E-state index is 13.6. The number of alkyl halides is 3. The summed E-state index contributed by atoms with van der Waals surface area (Å²) < 4.78 is 49.7. The molecule has 4 rings (SSSR count). The van der Waals surface area contributed by atoms with Gasteiger partial charge < -0.3 is 9.47 Å². The summed E-state index contributed by atoms with van der Waals surface area (Å²) in [5, 5.41) is 0. The number of allylic oxidation sites excluding steroid dienone is 1. The van der Waals surface area contributed by atoms with Crippen LogP contribution in [-0.2, 0) is 9.53 Å². The first-order chi connectivity index (χ1) is 16.7. The maximum absolute atomic E-state index is 13.6. The van der Waals surface area contributed by atoms with Crippen molar-refractivity contribution in [3.8, 4) is 5.75 Å². The molecule has 2 aromatic carbocycles. The molecule has 1 aromatic heterocycles. The average Bonchev–Trinajstić information content (AvgIpc) is 3.16. The molecule has 0 aliphatic carbocycles. The van der Waals surface area contributed by atoms with Gasteiger partial charge in [0.25, 0.3) is 5.56 Å². The van der Waals surface area contributed by atoms with Crippen molar-refractivity contribution in [2.24, 2.45) is 4.99 Å². The molecule has 182 valence electrons. The highest BCUT2D eigenvalue weighted by molar-refractivity contribution is 7.07. The second-order valence-electron chi connectivity index (χ2n) is 7.64. The summed E-state index contributed by atoms with van der Waals surface area (Å²) in [6.45, 7) is 0.405. The lowest BCUT2D eigenvalue weighted by Crippen LogP contribution is -2.40. The van der Waals surface area contributed by atoms with Crippen molar-refractivity contribution >= 4 is 23.4 Å². The highest BCUT2D eigenvalue weighted by Crippen LogP contribution is 2.31. The van der Waals surface area contributed by atoms with E-state index in [1.807, 2.05) is 25.1 Å². The Balaban J connectivity index is 1.91. The molecule has 0 fully saturated rings. The SMILES string of the molecule is CCC1=C(C(=O)OC)[C@H](c2ccccc2)n2c(s/c(=C/c3ccccc3OCC(F)(F)F)c2=O)=N1. The lowest BCUT2D eigenvalue weighted by atomic mass is 9.95. The first-order valence-electron chi connectivity index (χ1n) is 10.7. The van der Waals surface area contributed by atoms with Crippen molar-refractivity contribution < 1.29 is 27.4 Å². The fraction of sp³-hybridized carbons (Fsp3) is 0.240. The van der Waals surface area contributed by atoms with E-state index >= 15 is 0 Å². The first-order valence-corrected chi connectivity index (χ1v) is 11.5. The number of ether oxygens (including phenoxy) is 2. The van der Waals surface area contributed by atoms with E-state index in [0.29, 0.717) is 28.0 Å². The highest BCUT2D eigenvalue weighted by atomic mass is 32.1. The lowest BCUT2D eigenvalue weighted by molar-refractivity contribution is -0.153. The van der Waals surface area contributed by atoms with Gasteiger partial charge in [-0.15, -0.1) is 0 Å². The number of fused-ring (bicyclic) bond motifs is 1. The monoisotopic (exact) mass is 502 g/mol. The van der Waals surface area contributed by atoms with E-state index in [9.17, 15) is 22.8 Å². The van der Waals surface area contributed by atoms with Crippen molar-refractivity contribution in [2.75, 3.05) is 13.7 Å². The summed E-state index contributed by atoms with van der Waals surface area (Å²) in [7, 11) is 1.27. The van der Waals surface area contributed by atoms with Gasteiger partial charge in [0.2, 0.25) is 0 Å². The second kappa shape index (κ2) is 9.91. The third-order valence-corrected chi connectivity index (χ3v) is 6.35. The molecule has 35 heavy (non-hydrogen) atoms. The topological polar surface area (TPSA) is 69.9 Å². The first kappa shape index (κ1) is 24.5. The summed E-state index contributed by atoms with van der Waals surface area (Å²) in [6.07, 6.45) is -2.58. The number of esters is 1. The number of hydrogen-bond donors (Lipinski definition) is 0. The Hall–Kier alpha value is -3.66. The van der Waals surface area contributed by atoms with Crippen molar-refractivity contribution in [1.82, 2.24) is 4.57 Å². The van der Waals surface area contributed by atoms with Crippen LogP contribution in [0.4, 0.5) is 13.2 Å². The molecule has 2 heterocycles. The van der Waals surface area contributed by atoms with Crippen LogP contribution in [-0.4, -0.2) is 30.4 Å². The van der Waals surface area contributed by atoms with E-state index in [-0.39, 0.29) is 15.9 Å². The van der Waals surface area contributed by atoms with Gasteiger partial charge in [0.1, 0.15) is 5.75 Å². The smallest absolute Gasteiger partial charge is 0.422 e. The van der Waals surface area contributed by atoms with E-state index < -0.39 is 30.4 Å². The predicted molar refractivity (Wildman–Crippen MR) is 125 cm³/mol. The van der Waals surface area contributed by atoms with Gasteiger partial charge in [0, 0.05) is 5.56 Å². The minimum absolute atomic E-state index is 0.000216. The number of rotatable bonds is 6. The maximum Gasteiger partial charge on any atom is 0.422 e. The molecule has 0 radical (unpaired) electrons. The fourth-order valence-corrected chi connectivity index (χ4v) is 4.86. The van der Waals surface area contributed by atoms with Crippen LogP contribution in [0.3, 0.4) is 0 Å². The number of para-hydroxylation sites is 1. The molecule has 6 nitrogen and oxygen atoms in total. The number of halogens is 3. The van der Waals surface area contributed by atoms with Gasteiger partial charge in [-0.3, -0.25) is 9.36 Å². The molecule has 10 heteroatoms. The van der Waals surface area contributed by atoms with Crippen LogP contribution in [0.1, 0.15) is 30.5 Å². The third-order valence-electron chi connectivity index (χ3n) is 5.36. The molecule has 0 spiro atoms. The number of carbonyl (C=O) groups excluding carboxylic acids is 1. The van der Waals surface area contributed by atoms with Crippen LogP contribution in [0.25, 0.3) is 6.08 Å². The molecule has 0 saturated heterocycles. The van der Waals surface area contributed by atoms with Crippen molar-refractivity contribution in [2.45, 2.75) is 25.6 Å². The van der Waals surface area contributed by atoms with E-state index in [2.05, 4.69) is 4.99 Å². The molecule has 1 aliphatic rings. The number of methoxy groups -OCH3 is 1. The van der Waals surface area contributed by atoms with Gasteiger partial charge in [0.05, 0.1) is 29.0 Å². The normalized spacial score (nSPS) is 16.0. The number of carbonyl (C=O) groups is 1. The molecule has 0 bridgehead atoms. The highest BCUT2D eigenvalue weighted by Gasteiger charge is 2.33. The summed E-state index contributed by atoms with van der Waals surface area (Å²) >= 11 is 1.09. The predicted octanol–water partition coefficient (Wildman–Crippen LogP) is 3.74. The molecule has 0 saturated carbocycles. The summed E-state index contributed by atoms with van der Waals surface area (Å²) in [4.78, 5) is 31.3. The van der Waals surface area contributed by atoms with Crippen LogP contribution < -0.4 is 19.6 Å². The molecule has 0 amide bonds. The van der Waals surface area contributed by atoms with Crippen LogP contribution in [0.5, 0.6) is 5.75 Å². The molecule has 3 aromatic rings. The van der Waals surface area contributed by atoms with Crippen LogP contribution in [0.2, 0.25) is 0 Å². The quantitative estimate of drug-likeness (QED) is 0.482. The summed E-state index contributed by atoms with van der Waals surface area (Å²) in [6, 6.07) is 14.5. The molecule has 0 unspecified atom stereocenters. The van der Waals surface area contributed by atoms with Gasteiger partial charge in [-0.05, 0) is 24.1 Å². The van der Waals surface area contributed by atoms with Crippen molar-refractivity contribution in [1.29, 1.82) is 0 Å². The summed E-state index contributed by atoms with van der Waals surface area (Å²) in [5.41, 5.74) is 1.38. The zero-order valence-corrected chi connectivity index (χ0v) is 19.7. The number of aromatic nitrogens is 1. The Morgan fingerprint density at radius 1 is 1.14 bits per heavy atom. The van der Waals surface area contributed by atoms with Crippen LogP contribution in [0.15, 0.2) is 75.7 Å². The van der Waals surface area contributed by atoms with E-state index in [1.54, 1.807) is 30.3 Å². The number of hydrogen-bond acceptors (Lipinski definition) is 6. The fourth-order valence-electron chi connectivity index (χ4n) is 3.85. The molecule has 0 N–H and O–H groups in total. The Bertz CT molecular complexity index is 1460. The standard InChI is InChI=1S/C25H21F3N2O4S/c1-3-17-20(23(32)33-2)21(15-9-5-4-6-10-15)30-22(31)19(35-24(30)29-17)13-16-11-7-8-12-18(16)34-14-25(26,27)28/h4-13,21H,3,14H2,1-2H3/b19-13+/t21-/m0/s1. The van der Waals surface area contributed by atoms with Crippen molar-refractivity contribution in [3.05, 3.63) is 96.7 Å². The number of thiazole rings is 1. The minimum Gasteiger partial charge on any atom is -0.483 e. The third kappa shape index (κ3) is 5.07. The lowest BCUT2D eigenvalue weighted by Gasteiger charge is -2.25. The van der Waals surface area contributed by atoms with E-state index in [4.69, 9.17) is 9.47 Å². The summed E-state index contributed by atoms with van der Waals surface area (Å²) in [5.74, 6) is -0.584. The number of nitrogens with zero attached hydrogens (tertiary/aromatic N) is 2. The average molecular weight is 503 g/mol. The Morgan fingerprint density at radius 2 is 1.83 bits per heavy atom. The van der Waals surface area contributed by atoms with Gasteiger partial charge >= 0.3 is 12.1 Å². The Kier molecular flexibility index (Phi) is 6.93. The molecular formula is C25H21F3N2O4S. The Labute approximate surface area is 202 Å². The van der Waals surface area contributed by atoms with Crippen molar-refractivity contribution in [3.63, 3.8) is 0 Å². The van der Waals surface area contributed by atoms with E-state index in [0.717, 1.165) is 11.3 Å². The Morgan fingerprint density at radius 3 is 2.49 bits per heavy atom. The van der Waals surface area contributed by atoms with Crippen LogP contribution in [0, 0.1) is 0 Å². The van der Waals surface area contributed by atoms with Gasteiger partial charge in [-0.25, -0.2) is 9.79 Å². The van der Waals surface area contributed by atoms with Crippen LogP contribution >= 0.6 is 11.3 Å². The molecule has 1 atom stereocenters. The van der Waals surface area contributed by atoms with Gasteiger partial charge in [-0.1, -0.05) is 66.8 Å². The van der Waals surface area contributed by atoms with Gasteiger partial charge in [-0.2, -0.15) is 13.2 Å². The zero-order chi connectivity index (χ0) is 25.2. The largest absolute Gasteiger partial charge is 0.483 e. The number of benzene rings is 2. The van der Waals surface area contributed by atoms with E-state index in [1.165, 1.54) is 23.8 Å². The second-order valence-corrected chi connectivity index (χ2v) is 8.65.